The normalized spacial score (nSPS) is 19.3. The minimum Gasteiger partial charge on any atom is -0.386 e. The van der Waals surface area contributed by atoms with Gasteiger partial charge in [-0.25, -0.2) is 8.42 Å². The first kappa shape index (κ1) is 12.1. The van der Waals surface area contributed by atoms with Crippen molar-refractivity contribution in [3.63, 3.8) is 0 Å². The summed E-state index contributed by atoms with van der Waals surface area (Å²) < 4.78 is 26.6. The van der Waals surface area contributed by atoms with Gasteiger partial charge < -0.3 is 5.73 Å². The van der Waals surface area contributed by atoms with E-state index in [4.69, 9.17) is 11.1 Å². The molecule has 0 unspecified atom stereocenters. The Morgan fingerprint density at radius 3 is 2.65 bits per heavy atom. The summed E-state index contributed by atoms with van der Waals surface area (Å²) in [6.07, 6.45) is 5.40. The minimum atomic E-state index is -3.67. The molecule has 1 saturated carbocycles. The largest absolute Gasteiger partial charge is 0.386 e. The summed E-state index contributed by atoms with van der Waals surface area (Å²) in [6.45, 7) is 0. The van der Waals surface area contributed by atoms with Gasteiger partial charge in [-0.2, -0.15) is 9.82 Å². The molecule has 1 aliphatic carbocycles. The molecule has 0 atom stereocenters. The van der Waals surface area contributed by atoms with Gasteiger partial charge in [0.2, 0.25) is 10.0 Å². The summed E-state index contributed by atoms with van der Waals surface area (Å²) in [4.78, 5) is 0.0602. The van der Waals surface area contributed by atoms with Crippen molar-refractivity contribution in [1.82, 2.24) is 14.9 Å². The average molecular weight is 257 g/mol. The van der Waals surface area contributed by atoms with Crippen molar-refractivity contribution in [3.8, 4) is 0 Å². The van der Waals surface area contributed by atoms with Crippen LogP contribution in [0.3, 0.4) is 0 Å². The lowest BCUT2D eigenvalue weighted by molar-refractivity contribution is 0.496. The number of aromatic nitrogens is 2. The second-order valence-electron chi connectivity index (χ2n) is 4.24. The summed E-state index contributed by atoms with van der Waals surface area (Å²) in [5.74, 6) is -0.123. The number of nitrogens with one attached hydrogen (secondary N) is 3. The second-order valence-corrected chi connectivity index (χ2v) is 5.92. The van der Waals surface area contributed by atoms with Crippen LogP contribution in [0, 0.1) is 5.41 Å². The third-order valence-electron chi connectivity index (χ3n) is 3.09. The maximum absolute atomic E-state index is 12.0. The van der Waals surface area contributed by atoms with Gasteiger partial charge >= 0.3 is 0 Å². The minimum absolute atomic E-state index is 0.0602. The topological polar surface area (TPSA) is 125 Å². The zero-order valence-electron chi connectivity index (χ0n) is 9.23. The van der Waals surface area contributed by atoms with Gasteiger partial charge in [-0.05, 0) is 12.8 Å². The molecule has 0 bridgehead atoms. The zero-order valence-corrected chi connectivity index (χ0v) is 10.0. The van der Waals surface area contributed by atoms with E-state index in [2.05, 4.69) is 14.9 Å². The molecule has 0 radical (unpaired) electrons. The zero-order chi connectivity index (χ0) is 12.5. The van der Waals surface area contributed by atoms with Gasteiger partial charge in [0, 0.05) is 6.20 Å². The second kappa shape index (κ2) is 4.11. The summed E-state index contributed by atoms with van der Waals surface area (Å²) in [5.41, 5.74) is 4.61. The van der Waals surface area contributed by atoms with Gasteiger partial charge in [0.1, 0.15) is 10.7 Å². The van der Waals surface area contributed by atoms with Crippen LogP contribution in [0.2, 0.25) is 0 Å². The molecule has 2 rings (SSSR count). The molecule has 1 aliphatic rings. The van der Waals surface area contributed by atoms with Crippen LogP contribution in [0.5, 0.6) is 0 Å². The van der Waals surface area contributed by atoms with E-state index in [0.717, 1.165) is 12.8 Å². The lowest BCUT2D eigenvalue weighted by atomic mass is 9.98. The Morgan fingerprint density at radius 2 is 2.18 bits per heavy atom. The van der Waals surface area contributed by atoms with Crippen molar-refractivity contribution in [2.24, 2.45) is 5.73 Å². The van der Waals surface area contributed by atoms with Crippen molar-refractivity contribution in [2.45, 2.75) is 36.1 Å². The van der Waals surface area contributed by atoms with Crippen molar-refractivity contribution < 1.29 is 8.42 Å². The molecule has 1 heterocycles. The molecule has 5 N–H and O–H groups in total. The standard InChI is InChI=1S/C9H15N5O2S/c10-8(11)9(3-1-2-4-9)14-17(15,16)7-5-12-13-6-7/h5-6,14H,1-4H2,(H3,10,11)(H,12,13). The molecule has 0 saturated heterocycles. The molecule has 0 amide bonds. The highest BCUT2D eigenvalue weighted by Gasteiger charge is 2.41. The van der Waals surface area contributed by atoms with Crippen molar-refractivity contribution in [3.05, 3.63) is 12.4 Å². The number of nitrogens with zero attached hydrogens (tertiary/aromatic N) is 1. The molecule has 0 aromatic carbocycles. The predicted octanol–water partition coefficient (Wildman–Crippen LogP) is -0.0632. The van der Waals surface area contributed by atoms with Crippen molar-refractivity contribution in [2.75, 3.05) is 0 Å². The van der Waals surface area contributed by atoms with Gasteiger partial charge in [0.05, 0.1) is 11.7 Å². The fourth-order valence-electron chi connectivity index (χ4n) is 2.11. The van der Waals surface area contributed by atoms with Crippen LogP contribution in [0.1, 0.15) is 25.7 Å². The van der Waals surface area contributed by atoms with E-state index in [9.17, 15) is 8.42 Å². The molecule has 17 heavy (non-hydrogen) atoms. The van der Waals surface area contributed by atoms with E-state index < -0.39 is 15.6 Å². The Bertz CT molecular complexity index is 501. The first-order chi connectivity index (χ1) is 7.96. The Morgan fingerprint density at radius 1 is 1.53 bits per heavy atom. The molecule has 0 aliphatic heterocycles. The Balaban J connectivity index is 2.28. The quantitative estimate of drug-likeness (QED) is 0.445. The van der Waals surface area contributed by atoms with Crippen LogP contribution in [0.15, 0.2) is 17.3 Å². The average Bonchev–Trinajstić information content (AvgIpc) is 2.86. The molecule has 94 valence electrons. The maximum atomic E-state index is 12.0. The maximum Gasteiger partial charge on any atom is 0.244 e. The van der Waals surface area contributed by atoms with Crippen LogP contribution < -0.4 is 10.5 Å². The third kappa shape index (κ3) is 2.18. The van der Waals surface area contributed by atoms with Gasteiger partial charge in [-0.15, -0.1) is 0 Å². The number of H-pyrrole nitrogens is 1. The molecular weight excluding hydrogens is 242 g/mol. The monoisotopic (exact) mass is 257 g/mol. The molecule has 8 heteroatoms. The highest BCUT2D eigenvalue weighted by Crippen LogP contribution is 2.31. The first-order valence-electron chi connectivity index (χ1n) is 5.34. The fraction of sp³-hybridized carbons (Fsp3) is 0.556. The molecular formula is C9H15N5O2S. The smallest absolute Gasteiger partial charge is 0.244 e. The van der Waals surface area contributed by atoms with Gasteiger partial charge in [0.15, 0.2) is 0 Å². The first-order valence-corrected chi connectivity index (χ1v) is 6.82. The van der Waals surface area contributed by atoms with Crippen LogP contribution in [0.4, 0.5) is 0 Å². The number of aromatic amines is 1. The van der Waals surface area contributed by atoms with E-state index in [1.807, 2.05) is 0 Å². The number of amidine groups is 1. The summed E-state index contributed by atoms with van der Waals surface area (Å²) in [7, 11) is -3.67. The van der Waals surface area contributed by atoms with E-state index in [-0.39, 0.29) is 10.7 Å². The molecule has 1 fully saturated rings. The van der Waals surface area contributed by atoms with Gasteiger partial charge in [-0.3, -0.25) is 10.5 Å². The highest BCUT2D eigenvalue weighted by atomic mass is 32.2. The molecule has 7 nitrogen and oxygen atoms in total. The lowest BCUT2D eigenvalue weighted by Gasteiger charge is -2.28. The number of rotatable bonds is 4. The van der Waals surface area contributed by atoms with Crippen LogP contribution in [0.25, 0.3) is 0 Å². The Hall–Kier alpha value is -1.41. The van der Waals surface area contributed by atoms with E-state index in [1.54, 1.807) is 0 Å². The molecule has 0 spiro atoms. The number of hydrogen-bond donors (Lipinski definition) is 4. The van der Waals surface area contributed by atoms with Crippen LogP contribution >= 0.6 is 0 Å². The van der Waals surface area contributed by atoms with E-state index >= 15 is 0 Å². The van der Waals surface area contributed by atoms with Crippen LogP contribution in [-0.4, -0.2) is 30.0 Å². The third-order valence-corrected chi connectivity index (χ3v) is 4.59. The predicted molar refractivity (Wildman–Crippen MR) is 62.0 cm³/mol. The van der Waals surface area contributed by atoms with E-state index in [1.165, 1.54) is 12.4 Å². The van der Waals surface area contributed by atoms with Gasteiger partial charge in [0.25, 0.3) is 0 Å². The summed E-state index contributed by atoms with van der Waals surface area (Å²) in [5, 5.41) is 13.6. The molecule has 1 aromatic rings. The Kier molecular flexibility index (Phi) is 2.92. The van der Waals surface area contributed by atoms with Crippen molar-refractivity contribution in [1.29, 1.82) is 5.41 Å². The van der Waals surface area contributed by atoms with Crippen molar-refractivity contribution >= 4 is 15.9 Å². The van der Waals surface area contributed by atoms with Gasteiger partial charge in [-0.1, -0.05) is 12.8 Å². The fourth-order valence-corrected chi connectivity index (χ4v) is 3.45. The Labute approximate surface area is 99.3 Å². The number of sulfonamides is 1. The number of nitrogens with two attached hydrogens (primary N) is 1. The SMILES string of the molecule is N=C(N)C1(NS(=O)(=O)c2cn[nH]c2)CCCC1. The summed E-state index contributed by atoms with van der Waals surface area (Å²) in [6, 6.07) is 0. The van der Waals surface area contributed by atoms with Crippen LogP contribution in [-0.2, 0) is 10.0 Å². The lowest BCUT2D eigenvalue weighted by Crippen LogP contribution is -2.55. The van der Waals surface area contributed by atoms with E-state index in [0.29, 0.717) is 12.8 Å². The molecule has 1 aromatic heterocycles. The summed E-state index contributed by atoms with van der Waals surface area (Å²) >= 11 is 0. The number of hydrogen-bond acceptors (Lipinski definition) is 4. The highest BCUT2D eigenvalue weighted by molar-refractivity contribution is 7.89.